The molecule has 0 aliphatic heterocycles. The van der Waals surface area contributed by atoms with Crippen LogP contribution in [0, 0.1) is 0 Å². The molecular formula is C10H17N7. The second-order valence-corrected chi connectivity index (χ2v) is 3.99. The molecule has 0 aromatic carbocycles. The number of tetrazole rings is 1. The molecule has 92 valence electrons. The number of anilines is 1. The Bertz CT molecular complexity index is 466. The summed E-state index contributed by atoms with van der Waals surface area (Å²) in [5.41, 5.74) is 6.11. The van der Waals surface area contributed by atoms with Gasteiger partial charge in [-0.2, -0.15) is 0 Å². The lowest BCUT2D eigenvalue weighted by Gasteiger charge is -2.17. The fourth-order valence-electron chi connectivity index (χ4n) is 1.63. The van der Waals surface area contributed by atoms with Crippen molar-refractivity contribution in [1.29, 1.82) is 0 Å². The van der Waals surface area contributed by atoms with Crippen molar-refractivity contribution in [3.05, 3.63) is 12.1 Å². The molecule has 0 saturated heterocycles. The van der Waals surface area contributed by atoms with E-state index in [-0.39, 0.29) is 0 Å². The van der Waals surface area contributed by atoms with Gasteiger partial charge < -0.3 is 10.6 Å². The number of aromatic nitrogens is 5. The van der Waals surface area contributed by atoms with Crippen LogP contribution in [-0.2, 0) is 0 Å². The fraction of sp³-hybridized carbons (Fsp3) is 0.600. The van der Waals surface area contributed by atoms with Crippen molar-refractivity contribution < 1.29 is 0 Å². The highest BCUT2D eigenvalue weighted by Gasteiger charge is 2.05. The third-order valence-electron chi connectivity index (χ3n) is 2.64. The summed E-state index contributed by atoms with van der Waals surface area (Å²) in [6.45, 7) is 1.72. The zero-order valence-electron chi connectivity index (χ0n) is 9.95. The van der Waals surface area contributed by atoms with Gasteiger partial charge in [0.05, 0.1) is 0 Å². The first-order chi connectivity index (χ1) is 8.31. The maximum Gasteiger partial charge on any atom is 0.200 e. The van der Waals surface area contributed by atoms with Gasteiger partial charge in [0.25, 0.3) is 0 Å². The van der Waals surface area contributed by atoms with Crippen molar-refractivity contribution in [1.82, 2.24) is 25.3 Å². The molecule has 2 N–H and O–H groups in total. The highest BCUT2D eigenvalue weighted by Crippen LogP contribution is 2.09. The van der Waals surface area contributed by atoms with Crippen LogP contribution in [0.3, 0.4) is 0 Å². The van der Waals surface area contributed by atoms with E-state index in [2.05, 4.69) is 25.5 Å². The summed E-state index contributed by atoms with van der Waals surface area (Å²) in [5.74, 6) is 0.873. The van der Waals surface area contributed by atoms with E-state index in [1.807, 2.05) is 19.2 Å². The Morgan fingerprint density at radius 3 is 3.00 bits per heavy atom. The molecule has 2 heterocycles. The van der Waals surface area contributed by atoms with E-state index in [9.17, 15) is 0 Å². The maximum absolute atomic E-state index is 5.46. The maximum atomic E-state index is 5.46. The van der Waals surface area contributed by atoms with Crippen LogP contribution in [0.2, 0.25) is 0 Å². The van der Waals surface area contributed by atoms with Gasteiger partial charge in [-0.15, -0.1) is 14.8 Å². The van der Waals surface area contributed by atoms with E-state index in [4.69, 9.17) is 5.73 Å². The predicted octanol–water partition coefficient (Wildman–Crippen LogP) is 0.0845. The molecule has 0 aliphatic carbocycles. The van der Waals surface area contributed by atoms with Crippen LogP contribution in [-0.4, -0.2) is 45.4 Å². The number of nitrogens with zero attached hydrogens (tertiary/aromatic N) is 6. The summed E-state index contributed by atoms with van der Waals surface area (Å²) in [6, 6.07) is 3.79. The quantitative estimate of drug-likeness (QED) is 0.714. The second-order valence-electron chi connectivity index (χ2n) is 3.99. The monoisotopic (exact) mass is 235 g/mol. The molecule has 0 fully saturated rings. The second kappa shape index (κ2) is 5.53. The van der Waals surface area contributed by atoms with Crippen molar-refractivity contribution in [2.75, 3.05) is 25.0 Å². The van der Waals surface area contributed by atoms with Gasteiger partial charge in [-0.3, -0.25) is 0 Å². The molecule has 0 unspecified atom stereocenters. The minimum absolute atomic E-state index is 0.658. The van der Waals surface area contributed by atoms with Crippen molar-refractivity contribution in [2.24, 2.45) is 5.73 Å². The molecule has 2 aromatic rings. The number of fused-ring (bicyclic) bond motifs is 1. The summed E-state index contributed by atoms with van der Waals surface area (Å²) < 4.78 is 1.44. The van der Waals surface area contributed by atoms with Crippen LogP contribution in [0.5, 0.6) is 0 Å². The molecular weight excluding hydrogens is 218 g/mol. The molecule has 7 heteroatoms. The van der Waals surface area contributed by atoms with Crippen LogP contribution in [0.15, 0.2) is 12.1 Å². The SMILES string of the molecule is CN(CCCCCN)c1ccc2nnnn2n1. The summed E-state index contributed by atoms with van der Waals surface area (Å²) in [4.78, 5) is 2.09. The van der Waals surface area contributed by atoms with Crippen molar-refractivity contribution in [3.8, 4) is 0 Å². The van der Waals surface area contributed by atoms with Gasteiger partial charge in [0.1, 0.15) is 0 Å². The number of nitrogens with two attached hydrogens (primary N) is 1. The molecule has 0 spiro atoms. The molecule has 0 radical (unpaired) electrons. The zero-order valence-corrected chi connectivity index (χ0v) is 9.95. The van der Waals surface area contributed by atoms with E-state index >= 15 is 0 Å². The molecule has 17 heavy (non-hydrogen) atoms. The number of rotatable bonds is 6. The number of unbranched alkanes of at least 4 members (excludes halogenated alkanes) is 2. The van der Waals surface area contributed by atoms with Crippen LogP contribution < -0.4 is 10.6 Å². The van der Waals surface area contributed by atoms with Crippen LogP contribution in [0.1, 0.15) is 19.3 Å². The van der Waals surface area contributed by atoms with Gasteiger partial charge in [0.2, 0.25) is 0 Å². The lowest BCUT2D eigenvalue weighted by Crippen LogP contribution is -2.20. The highest BCUT2D eigenvalue weighted by atomic mass is 15.6. The standard InChI is InChI=1S/C10H17N7/c1-16(8-4-2-3-7-11)10-6-5-9-12-14-15-17(9)13-10/h5-6H,2-4,7-8,11H2,1H3. The molecule has 0 aliphatic rings. The Morgan fingerprint density at radius 2 is 2.18 bits per heavy atom. The third kappa shape index (κ3) is 2.88. The molecule has 0 amide bonds. The molecule has 0 bridgehead atoms. The Balaban J connectivity index is 1.95. The average Bonchev–Trinajstić information content (AvgIpc) is 2.81. The van der Waals surface area contributed by atoms with Crippen molar-refractivity contribution in [2.45, 2.75) is 19.3 Å². The lowest BCUT2D eigenvalue weighted by atomic mass is 10.2. The van der Waals surface area contributed by atoms with E-state index < -0.39 is 0 Å². The first-order valence-electron chi connectivity index (χ1n) is 5.78. The third-order valence-corrected chi connectivity index (χ3v) is 2.64. The smallest absolute Gasteiger partial charge is 0.200 e. The van der Waals surface area contributed by atoms with Gasteiger partial charge in [0, 0.05) is 13.6 Å². The summed E-state index contributed by atoms with van der Waals surface area (Å²) in [7, 11) is 2.01. The van der Waals surface area contributed by atoms with Gasteiger partial charge >= 0.3 is 0 Å². The van der Waals surface area contributed by atoms with Gasteiger partial charge in [-0.25, -0.2) is 0 Å². The zero-order chi connectivity index (χ0) is 12.1. The van der Waals surface area contributed by atoms with E-state index in [0.717, 1.165) is 38.2 Å². The van der Waals surface area contributed by atoms with Gasteiger partial charge in [-0.05, 0) is 41.9 Å². The van der Waals surface area contributed by atoms with Crippen molar-refractivity contribution in [3.63, 3.8) is 0 Å². The molecule has 7 nitrogen and oxygen atoms in total. The van der Waals surface area contributed by atoms with Crippen LogP contribution in [0.25, 0.3) is 5.65 Å². The highest BCUT2D eigenvalue weighted by molar-refractivity contribution is 5.43. The van der Waals surface area contributed by atoms with Crippen LogP contribution in [0.4, 0.5) is 5.82 Å². The molecule has 2 rings (SSSR count). The minimum atomic E-state index is 0.658. The normalized spacial score (nSPS) is 10.9. The van der Waals surface area contributed by atoms with Crippen molar-refractivity contribution >= 4 is 11.5 Å². The number of hydrogen-bond acceptors (Lipinski definition) is 6. The van der Waals surface area contributed by atoms with E-state index in [1.54, 1.807) is 0 Å². The average molecular weight is 235 g/mol. The first-order valence-corrected chi connectivity index (χ1v) is 5.78. The van der Waals surface area contributed by atoms with Crippen LogP contribution >= 0.6 is 0 Å². The Labute approximate surface area is 99.6 Å². The van der Waals surface area contributed by atoms with Gasteiger partial charge in [-0.1, -0.05) is 6.42 Å². The molecule has 0 saturated carbocycles. The summed E-state index contributed by atoms with van der Waals surface area (Å²) in [6.07, 6.45) is 3.34. The van der Waals surface area contributed by atoms with Gasteiger partial charge in [0.15, 0.2) is 11.5 Å². The van der Waals surface area contributed by atoms with E-state index in [1.165, 1.54) is 4.63 Å². The largest absolute Gasteiger partial charge is 0.358 e. The minimum Gasteiger partial charge on any atom is -0.358 e. The molecule has 2 aromatic heterocycles. The predicted molar refractivity (Wildman–Crippen MR) is 64.8 cm³/mol. The fourth-order valence-corrected chi connectivity index (χ4v) is 1.63. The topological polar surface area (TPSA) is 85.2 Å². The Morgan fingerprint density at radius 1 is 1.29 bits per heavy atom. The Kier molecular flexibility index (Phi) is 3.81. The number of hydrogen-bond donors (Lipinski definition) is 1. The molecule has 0 atom stereocenters. The lowest BCUT2D eigenvalue weighted by molar-refractivity contribution is 0.665. The van der Waals surface area contributed by atoms with E-state index in [0.29, 0.717) is 5.65 Å². The first kappa shape index (κ1) is 11.7. The summed E-state index contributed by atoms with van der Waals surface area (Å²) >= 11 is 0. The summed E-state index contributed by atoms with van der Waals surface area (Å²) in [5, 5.41) is 15.5. The Hall–Kier alpha value is -1.76.